The summed E-state index contributed by atoms with van der Waals surface area (Å²) in [5.41, 5.74) is 2.10. The number of nitro groups is 1. The fourth-order valence-corrected chi connectivity index (χ4v) is 1.93. The van der Waals surface area contributed by atoms with Crippen LogP contribution in [0.4, 0.5) is 5.69 Å². The van der Waals surface area contributed by atoms with Gasteiger partial charge in [0.2, 0.25) is 0 Å². The summed E-state index contributed by atoms with van der Waals surface area (Å²) in [5, 5.41) is 10.9. The highest BCUT2D eigenvalue weighted by molar-refractivity contribution is 5.89. The monoisotopic (exact) mass is 271 g/mol. The Bertz CT molecular complexity index is 635. The van der Waals surface area contributed by atoms with Crippen LogP contribution in [-0.4, -0.2) is 18.0 Å². The number of rotatable bonds is 4. The molecule has 0 bridgehead atoms. The maximum absolute atomic E-state index is 11.3. The lowest BCUT2D eigenvalue weighted by Gasteiger charge is -2.04. The molecular formula is C15H13NO4. The molecule has 5 nitrogen and oxygen atoms in total. The van der Waals surface area contributed by atoms with Crippen LogP contribution in [0.2, 0.25) is 0 Å². The summed E-state index contributed by atoms with van der Waals surface area (Å²) in [7, 11) is 1.32. The second-order valence-electron chi connectivity index (χ2n) is 4.25. The Morgan fingerprint density at radius 2 is 1.80 bits per heavy atom. The second-order valence-corrected chi connectivity index (χ2v) is 4.25. The third-order valence-electron chi connectivity index (χ3n) is 2.96. The van der Waals surface area contributed by atoms with Gasteiger partial charge in [-0.1, -0.05) is 30.3 Å². The van der Waals surface area contributed by atoms with Crippen molar-refractivity contribution in [3.05, 3.63) is 75.3 Å². The molecule has 5 heteroatoms. The van der Waals surface area contributed by atoms with E-state index in [1.54, 1.807) is 42.5 Å². The molecule has 0 atom stereocenters. The molecule has 0 saturated carbocycles. The van der Waals surface area contributed by atoms with Crippen LogP contribution in [0.1, 0.15) is 21.5 Å². The molecule has 2 aromatic carbocycles. The summed E-state index contributed by atoms with van der Waals surface area (Å²) >= 11 is 0. The number of carbonyl (C=O) groups is 1. The first-order valence-corrected chi connectivity index (χ1v) is 6.01. The molecule has 2 rings (SSSR count). The minimum absolute atomic E-state index is 0.101. The summed E-state index contributed by atoms with van der Waals surface area (Å²) in [4.78, 5) is 21.9. The van der Waals surface area contributed by atoms with Gasteiger partial charge < -0.3 is 4.74 Å². The molecule has 0 aliphatic carbocycles. The van der Waals surface area contributed by atoms with Crippen LogP contribution in [0.3, 0.4) is 0 Å². The van der Waals surface area contributed by atoms with Gasteiger partial charge >= 0.3 is 5.97 Å². The van der Waals surface area contributed by atoms with Crippen molar-refractivity contribution in [2.75, 3.05) is 7.11 Å². The van der Waals surface area contributed by atoms with Crippen LogP contribution in [0.5, 0.6) is 0 Å². The van der Waals surface area contributed by atoms with Crippen molar-refractivity contribution < 1.29 is 14.5 Å². The van der Waals surface area contributed by atoms with Crippen molar-refractivity contribution in [2.45, 2.75) is 6.42 Å². The number of nitro benzene ring substituents is 1. The zero-order valence-corrected chi connectivity index (χ0v) is 10.9. The molecule has 0 spiro atoms. The molecular weight excluding hydrogens is 258 g/mol. The van der Waals surface area contributed by atoms with Crippen molar-refractivity contribution in [1.29, 1.82) is 0 Å². The average molecular weight is 271 g/mol. The Morgan fingerprint density at radius 3 is 2.40 bits per heavy atom. The molecule has 0 saturated heterocycles. The quantitative estimate of drug-likeness (QED) is 0.487. The fraction of sp³-hybridized carbons (Fsp3) is 0.133. The summed E-state index contributed by atoms with van der Waals surface area (Å²) in [6.07, 6.45) is 0.443. The zero-order chi connectivity index (χ0) is 14.5. The van der Waals surface area contributed by atoms with Gasteiger partial charge in [-0.05, 0) is 17.7 Å². The highest BCUT2D eigenvalue weighted by Crippen LogP contribution is 2.21. The number of hydrogen-bond donors (Lipinski definition) is 0. The van der Waals surface area contributed by atoms with Gasteiger partial charge in [0.05, 0.1) is 17.6 Å². The number of carbonyl (C=O) groups excluding carboxylic acids is 1. The second kappa shape index (κ2) is 5.97. The highest BCUT2D eigenvalue weighted by atomic mass is 16.6. The van der Waals surface area contributed by atoms with Gasteiger partial charge in [-0.15, -0.1) is 0 Å². The predicted octanol–water partition coefficient (Wildman–Crippen LogP) is 2.97. The lowest BCUT2D eigenvalue weighted by atomic mass is 10.0. The molecule has 0 heterocycles. The Labute approximate surface area is 116 Å². The van der Waals surface area contributed by atoms with Crippen LogP contribution in [0.15, 0.2) is 48.5 Å². The number of esters is 1. The Balaban J connectivity index is 2.23. The van der Waals surface area contributed by atoms with Crippen LogP contribution in [0.25, 0.3) is 0 Å². The highest BCUT2D eigenvalue weighted by Gasteiger charge is 2.13. The molecule has 0 radical (unpaired) electrons. The van der Waals surface area contributed by atoms with Crippen LogP contribution in [-0.2, 0) is 11.2 Å². The molecule has 0 unspecified atom stereocenters. The molecule has 20 heavy (non-hydrogen) atoms. The number of para-hydroxylation sites is 1. The summed E-state index contributed by atoms with van der Waals surface area (Å²) in [6.45, 7) is 0. The smallest absolute Gasteiger partial charge is 0.337 e. The Morgan fingerprint density at radius 1 is 1.15 bits per heavy atom. The van der Waals surface area contributed by atoms with Crippen molar-refractivity contribution in [1.82, 2.24) is 0 Å². The predicted molar refractivity (Wildman–Crippen MR) is 73.7 cm³/mol. The van der Waals surface area contributed by atoms with Gasteiger partial charge in [-0.3, -0.25) is 10.1 Å². The number of hydrogen-bond acceptors (Lipinski definition) is 4. The maximum atomic E-state index is 11.3. The topological polar surface area (TPSA) is 69.4 Å². The number of ether oxygens (including phenoxy) is 1. The molecule has 0 aromatic heterocycles. The van der Waals surface area contributed by atoms with E-state index in [0.29, 0.717) is 17.5 Å². The average Bonchev–Trinajstić information content (AvgIpc) is 2.47. The zero-order valence-electron chi connectivity index (χ0n) is 10.9. The standard InChI is InChI=1S/C15H13NO4/c1-20-15(17)12-8-6-11(7-9-12)10-13-4-2-3-5-14(13)16(18)19/h2-9H,10H2,1H3. The summed E-state index contributed by atoms with van der Waals surface area (Å²) in [5.74, 6) is -0.401. The van der Waals surface area contributed by atoms with Crippen molar-refractivity contribution in [2.24, 2.45) is 0 Å². The normalized spacial score (nSPS) is 10.1. The van der Waals surface area contributed by atoms with E-state index >= 15 is 0 Å². The Hall–Kier alpha value is -2.69. The number of methoxy groups -OCH3 is 1. The maximum Gasteiger partial charge on any atom is 0.337 e. The first-order chi connectivity index (χ1) is 9.61. The first kappa shape index (κ1) is 13.7. The first-order valence-electron chi connectivity index (χ1n) is 6.01. The fourth-order valence-electron chi connectivity index (χ4n) is 1.93. The van der Waals surface area contributed by atoms with E-state index in [4.69, 9.17) is 0 Å². The van der Waals surface area contributed by atoms with Gasteiger partial charge in [-0.25, -0.2) is 4.79 Å². The minimum Gasteiger partial charge on any atom is -0.465 e. The van der Waals surface area contributed by atoms with Crippen LogP contribution in [0, 0.1) is 10.1 Å². The van der Waals surface area contributed by atoms with Crippen LogP contribution >= 0.6 is 0 Å². The molecule has 102 valence electrons. The van der Waals surface area contributed by atoms with Crippen molar-refractivity contribution in [3.63, 3.8) is 0 Å². The van der Waals surface area contributed by atoms with E-state index in [2.05, 4.69) is 4.74 Å². The van der Waals surface area contributed by atoms with Gasteiger partial charge in [0.25, 0.3) is 5.69 Å². The number of nitrogens with zero attached hydrogens (tertiary/aromatic N) is 1. The van der Waals surface area contributed by atoms with E-state index in [9.17, 15) is 14.9 Å². The molecule has 0 aliphatic rings. The van der Waals surface area contributed by atoms with E-state index in [0.717, 1.165) is 5.56 Å². The minimum atomic E-state index is -0.401. The lowest BCUT2D eigenvalue weighted by Crippen LogP contribution is -2.01. The molecule has 0 amide bonds. The SMILES string of the molecule is COC(=O)c1ccc(Cc2ccccc2[N+](=O)[O-])cc1. The van der Waals surface area contributed by atoms with Crippen molar-refractivity contribution >= 4 is 11.7 Å². The number of benzene rings is 2. The van der Waals surface area contributed by atoms with Gasteiger partial charge in [0.1, 0.15) is 0 Å². The third kappa shape index (κ3) is 3.00. The van der Waals surface area contributed by atoms with E-state index in [1.165, 1.54) is 13.2 Å². The third-order valence-corrected chi connectivity index (χ3v) is 2.96. The molecule has 0 N–H and O–H groups in total. The van der Waals surface area contributed by atoms with Gasteiger partial charge in [0.15, 0.2) is 0 Å². The van der Waals surface area contributed by atoms with E-state index < -0.39 is 10.9 Å². The van der Waals surface area contributed by atoms with Gasteiger partial charge in [0, 0.05) is 18.1 Å². The van der Waals surface area contributed by atoms with Crippen LogP contribution < -0.4 is 0 Å². The molecule has 2 aromatic rings. The molecule has 0 fully saturated rings. The summed E-state index contributed by atoms with van der Waals surface area (Å²) in [6, 6.07) is 13.5. The Kier molecular flexibility index (Phi) is 4.10. The van der Waals surface area contributed by atoms with E-state index in [-0.39, 0.29) is 5.69 Å². The lowest BCUT2D eigenvalue weighted by molar-refractivity contribution is -0.385. The van der Waals surface area contributed by atoms with E-state index in [1.807, 2.05) is 0 Å². The van der Waals surface area contributed by atoms with Crippen molar-refractivity contribution in [3.8, 4) is 0 Å². The largest absolute Gasteiger partial charge is 0.465 e. The molecule has 0 aliphatic heterocycles. The summed E-state index contributed by atoms with van der Waals surface area (Å²) < 4.78 is 4.62. The van der Waals surface area contributed by atoms with Gasteiger partial charge in [-0.2, -0.15) is 0 Å².